The molecule has 1 amide bonds. The van der Waals surface area contributed by atoms with Crippen molar-refractivity contribution in [3.63, 3.8) is 0 Å². The molecule has 7 heteroatoms. The Balaban J connectivity index is 2.71. The van der Waals surface area contributed by atoms with Crippen molar-refractivity contribution in [1.82, 2.24) is 5.32 Å². The summed E-state index contributed by atoms with van der Waals surface area (Å²) in [6.07, 6.45) is 1.45. The highest BCUT2D eigenvalue weighted by Crippen LogP contribution is 2.15. The van der Waals surface area contributed by atoms with Crippen LogP contribution in [0.3, 0.4) is 0 Å². The number of ether oxygens (including phenoxy) is 1. The summed E-state index contributed by atoms with van der Waals surface area (Å²) in [4.78, 5) is 22.6. The van der Waals surface area contributed by atoms with Crippen LogP contribution in [0.5, 0.6) is 5.75 Å². The largest absolute Gasteiger partial charge is 0.480 e. The third kappa shape index (κ3) is 4.68. The van der Waals surface area contributed by atoms with E-state index in [2.05, 4.69) is 16.6 Å². The third-order valence-electron chi connectivity index (χ3n) is 2.35. The zero-order valence-corrected chi connectivity index (χ0v) is 10.4. The summed E-state index contributed by atoms with van der Waals surface area (Å²) in [6, 6.07) is 3.84. The van der Waals surface area contributed by atoms with Gasteiger partial charge in [0.1, 0.15) is 11.8 Å². The Labute approximate surface area is 113 Å². The lowest BCUT2D eigenvalue weighted by Gasteiger charge is -2.12. The van der Waals surface area contributed by atoms with Gasteiger partial charge >= 0.3 is 12.6 Å². The number of carbonyl (C=O) groups is 2. The van der Waals surface area contributed by atoms with E-state index in [0.29, 0.717) is 0 Å². The molecule has 0 spiro atoms. The first kappa shape index (κ1) is 15.6. The highest BCUT2D eigenvalue weighted by molar-refractivity contribution is 5.96. The minimum Gasteiger partial charge on any atom is -0.480 e. The Morgan fingerprint density at radius 3 is 2.40 bits per heavy atom. The molecule has 1 aromatic rings. The number of amides is 1. The Kier molecular flexibility index (Phi) is 5.64. The van der Waals surface area contributed by atoms with E-state index < -0.39 is 24.5 Å². The Bertz CT molecular complexity index is 488. The fourth-order valence-corrected chi connectivity index (χ4v) is 1.42. The van der Waals surface area contributed by atoms with Gasteiger partial charge < -0.3 is 15.2 Å². The molecule has 0 saturated carbocycles. The molecule has 0 radical (unpaired) electrons. The zero-order chi connectivity index (χ0) is 15.1. The average Bonchev–Trinajstić information content (AvgIpc) is 2.38. The quantitative estimate of drug-likeness (QED) is 0.752. The molecule has 5 nitrogen and oxygen atoms in total. The minimum absolute atomic E-state index is 0.0770. The highest BCUT2D eigenvalue weighted by atomic mass is 19.3. The molecule has 1 aromatic carbocycles. The summed E-state index contributed by atoms with van der Waals surface area (Å²) >= 11 is 0. The van der Waals surface area contributed by atoms with Gasteiger partial charge in [0, 0.05) is 5.56 Å². The first-order valence-electron chi connectivity index (χ1n) is 5.63. The maximum atomic E-state index is 11.9. The second kappa shape index (κ2) is 7.22. The van der Waals surface area contributed by atoms with Crippen LogP contribution in [0.25, 0.3) is 0 Å². The molecule has 1 unspecified atom stereocenters. The van der Waals surface area contributed by atoms with Crippen LogP contribution in [0.15, 0.2) is 36.9 Å². The van der Waals surface area contributed by atoms with Crippen molar-refractivity contribution in [2.45, 2.75) is 19.1 Å². The van der Waals surface area contributed by atoms with E-state index in [9.17, 15) is 18.4 Å². The van der Waals surface area contributed by atoms with Crippen LogP contribution >= 0.6 is 0 Å². The molecular weight excluding hydrogens is 272 g/mol. The summed E-state index contributed by atoms with van der Waals surface area (Å²) < 4.78 is 28.0. The van der Waals surface area contributed by atoms with Crippen molar-refractivity contribution in [3.05, 3.63) is 42.5 Å². The lowest BCUT2D eigenvalue weighted by Crippen LogP contribution is -2.40. The highest BCUT2D eigenvalue weighted by Gasteiger charge is 2.19. The number of halogens is 2. The zero-order valence-electron chi connectivity index (χ0n) is 10.4. The summed E-state index contributed by atoms with van der Waals surface area (Å²) in [5.74, 6) is -1.89. The molecule has 0 bridgehead atoms. The number of carboxylic acid groups (broad SMARTS) is 1. The lowest BCUT2D eigenvalue weighted by molar-refractivity contribution is -0.139. The van der Waals surface area contributed by atoms with Crippen LogP contribution in [0.4, 0.5) is 8.78 Å². The maximum Gasteiger partial charge on any atom is 0.387 e. The summed E-state index contributed by atoms with van der Waals surface area (Å²) in [5.41, 5.74) is 0.141. The predicted molar refractivity (Wildman–Crippen MR) is 66.8 cm³/mol. The Morgan fingerprint density at radius 2 is 1.95 bits per heavy atom. The van der Waals surface area contributed by atoms with Crippen LogP contribution in [0.1, 0.15) is 16.8 Å². The van der Waals surface area contributed by atoms with E-state index in [4.69, 9.17) is 5.11 Å². The Hall–Kier alpha value is -2.44. The molecule has 0 aliphatic heterocycles. The predicted octanol–water partition coefficient (Wildman–Crippen LogP) is 2.05. The van der Waals surface area contributed by atoms with Gasteiger partial charge in [-0.1, -0.05) is 6.08 Å². The van der Waals surface area contributed by atoms with Gasteiger partial charge in [-0.05, 0) is 30.7 Å². The third-order valence-corrected chi connectivity index (χ3v) is 2.35. The van der Waals surface area contributed by atoms with E-state index in [1.54, 1.807) is 0 Å². The number of aliphatic carboxylic acids is 1. The number of carbonyl (C=O) groups excluding carboxylic acids is 1. The van der Waals surface area contributed by atoms with Gasteiger partial charge in [-0.2, -0.15) is 8.78 Å². The van der Waals surface area contributed by atoms with Gasteiger partial charge in [0.15, 0.2) is 0 Å². The Morgan fingerprint density at radius 1 is 1.35 bits per heavy atom. The van der Waals surface area contributed by atoms with Crippen molar-refractivity contribution in [3.8, 4) is 5.75 Å². The summed E-state index contributed by atoms with van der Waals surface area (Å²) in [5, 5.41) is 11.2. The molecule has 1 atom stereocenters. The first-order valence-corrected chi connectivity index (χ1v) is 5.63. The topological polar surface area (TPSA) is 75.6 Å². The van der Waals surface area contributed by atoms with E-state index in [1.165, 1.54) is 30.3 Å². The fraction of sp³-hybridized carbons (Fsp3) is 0.231. The molecule has 0 aliphatic carbocycles. The number of hydrogen-bond acceptors (Lipinski definition) is 3. The molecule has 1 rings (SSSR count). The normalized spacial score (nSPS) is 11.8. The van der Waals surface area contributed by atoms with Crippen LogP contribution in [-0.4, -0.2) is 29.6 Å². The van der Waals surface area contributed by atoms with E-state index in [1.807, 2.05) is 0 Å². The van der Waals surface area contributed by atoms with Gasteiger partial charge in [-0.15, -0.1) is 6.58 Å². The van der Waals surface area contributed by atoms with Crippen molar-refractivity contribution in [2.75, 3.05) is 0 Å². The second-order valence-electron chi connectivity index (χ2n) is 3.79. The molecule has 0 aromatic heterocycles. The van der Waals surface area contributed by atoms with Gasteiger partial charge in [-0.25, -0.2) is 4.79 Å². The molecule has 20 heavy (non-hydrogen) atoms. The van der Waals surface area contributed by atoms with Crippen molar-refractivity contribution < 1.29 is 28.2 Å². The standard InChI is InChI=1S/C13H13F2NO4/c1-2-3-10(12(18)19)16-11(17)8-4-6-9(7-5-8)20-13(14)15/h2,4-7,10,13H,1,3H2,(H,16,17)(H,18,19). The lowest BCUT2D eigenvalue weighted by atomic mass is 10.1. The molecular formula is C13H13F2NO4. The molecule has 2 N–H and O–H groups in total. The van der Waals surface area contributed by atoms with Gasteiger partial charge in [0.2, 0.25) is 0 Å². The molecule has 0 fully saturated rings. The minimum atomic E-state index is -2.95. The van der Waals surface area contributed by atoms with E-state index >= 15 is 0 Å². The number of benzene rings is 1. The number of nitrogens with one attached hydrogen (secondary N) is 1. The maximum absolute atomic E-state index is 11.9. The first-order chi connectivity index (χ1) is 9.43. The molecule has 108 valence electrons. The van der Waals surface area contributed by atoms with Crippen LogP contribution in [0, 0.1) is 0 Å². The van der Waals surface area contributed by atoms with Gasteiger partial charge in [-0.3, -0.25) is 4.79 Å². The SMILES string of the molecule is C=CCC(NC(=O)c1ccc(OC(F)F)cc1)C(=O)O. The van der Waals surface area contributed by atoms with E-state index in [-0.39, 0.29) is 17.7 Å². The van der Waals surface area contributed by atoms with Crippen LogP contribution in [0.2, 0.25) is 0 Å². The van der Waals surface area contributed by atoms with E-state index in [0.717, 1.165) is 0 Å². The summed E-state index contributed by atoms with van der Waals surface area (Å²) in [6.45, 7) is 0.454. The van der Waals surface area contributed by atoms with Crippen LogP contribution < -0.4 is 10.1 Å². The van der Waals surface area contributed by atoms with Gasteiger partial charge in [0.05, 0.1) is 0 Å². The van der Waals surface area contributed by atoms with Gasteiger partial charge in [0.25, 0.3) is 5.91 Å². The number of hydrogen-bond donors (Lipinski definition) is 2. The van der Waals surface area contributed by atoms with Crippen molar-refractivity contribution >= 4 is 11.9 Å². The second-order valence-corrected chi connectivity index (χ2v) is 3.79. The molecule has 0 heterocycles. The number of rotatable bonds is 7. The van der Waals surface area contributed by atoms with Crippen LogP contribution in [-0.2, 0) is 4.79 Å². The van der Waals surface area contributed by atoms with Crippen molar-refractivity contribution in [2.24, 2.45) is 0 Å². The number of carboxylic acids is 1. The number of alkyl halides is 2. The fourth-order valence-electron chi connectivity index (χ4n) is 1.42. The summed E-state index contributed by atoms with van der Waals surface area (Å²) in [7, 11) is 0. The molecule has 0 aliphatic rings. The smallest absolute Gasteiger partial charge is 0.387 e. The van der Waals surface area contributed by atoms with Crippen molar-refractivity contribution in [1.29, 1.82) is 0 Å². The monoisotopic (exact) mass is 285 g/mol. The average molecular weight is 285 g/mol. The molecule has 0 saturated heterocycles.